The van der Waals surface area contributed by atoms with E-state index in [2.05, 4.69) is 34.2 Å². The Morgan fingerprint density at radius 2 is 2.29 bits per heavy atom. The highest BCUT2D eigenvalue weighted by atomic mass is 79.9. The first-order valence-corrected chi connectivity index (χ1v) is 6.66. The van der Waals surface area contributed by atoms with Crippen LogP contribution in [0.1, 0.15) is 26.2 Å². The molecule has 90 valence electrons. The molecule has 0 aromatic heterocycles. The average molecular weight is 294 g/mol. The van der Waals surface area contributed by atoms with Crippen molar-refractivity contribution in [1.29, 1.82) is 0 Å². The summed E-state index contributed by atoms with van der Waals surface area (Å²) < 4.78 is 0.982. The minimum absolute atomic E-state index is 0.124. The number of carbonyl (C=O) groups excluding carboxylic acids is 1. The van der Waals surface area contributed by atoms with Gasteiger partial charge in [0.2, 0.25) is 5.91 Å². The zero-order valence-electron chi connectivity index (χ0n) is 9.87. The maximum atomic E-state index is 12.1. The number of rotatable bonds is 2. The molecule has 0 saturated carbocycles. The molecule has 1 aliphatic rings. The van der Waals surface area contributed by atoms with E-state index in [0.717, 1.165) is 29.4 Å². The van der Waals surface area contributed by atoms with Gasteiger partial charge in [-0.2, -0.15) is 0 Å². The summed E-state index contributed by atoms with van der Waals surface area (Å²) in [6, 6.07) is 7.70. The Bertz CT molecular complexity index is 453. The number of hydrogen-bond acceptors (Lipinski definition) is 1. The molecule has 1 aliphatic carbocycles. The summed E-state index contributed by atoms with van der Waals surface area (Å²) in [5, 5.41) is 2.98. The third-order valence-corrected chi connectivity index (χ3v) is 3.53. The number of amides is 1. The Kier molecular flexibility index (Phi) is 4.00. The Labute approximate surface area is 110 Å². The summed E-state index contributed by atoms with van der Waals surface area (Å²) in [4.78, 5) is 12.1. The van der Waals surface area contributed by atoms with Crippen LogP contribution < -0.4 is 5.32 Å². The minimum atomic E-state index is 0.124. The van der Waals surface area contributed by atoms with E-state index in [1.807, 2.05) is 24.3 Å². The van der Waals surface area contributed by atoms with E-state index < -0.39 is 0 Å². The Morgan fingerprint density at radius 1 is 1.47 bits per heavy atom. The molecule has 1 amide bonds. The van der Waals surface area contributed by atoms with Crippen LogP contribution in [-0.4, -0.2) is 5.91 Å². The van der Waals surface area contributed by atoms with Crippen molar-refractivity contribution < 1.29 is 4.79 Å². The van der Waals surface area contributed by atoms with Gasteiger partial charge in [-0.15, -0.1) is 0 Å². The van der Waals surface area contributed by atoms with Crippen molar-refractivity contribution in [2.45, 2.75) is 26.2 Å². The van der Waals surface area contributed by atoms with Gasteiger partial charge in [-0.1, -0.05) is 33.6 Å². The predicted molar refractivity (Wildman–Crippen MR) is 73.9 cm³/mol. The lowest BCUT2D eigenvalue weighted by atomic mass is 9.89. The van der Waals surface area contributed by atoms with Crippen LogP contribution in [0.4, 0.5) is 5.69 Å². The van der Waals surface area contributed by atoms with E-state index in [-0.39, 0.29) is 11.8 Å². The van der Waals surface area contributed by atoms with Crippen molar-refractivity contribution in [3.05, 3.63) is 40.4 Å². The number of benzene rings is 1. The summed E-state index contributed by atoms with van der Waals surface area (Å²) >= 11 is 3.40. The highest BCUT2D eigenvalue weighted by molar-refractivity contribution is 9.10. The zero-order chi connectivity index (χ0) is 12.3. The van der Waals surface area contributed by atoms with Gasteiger partial charge in [0.15, 0.2) is 0 Å². The fraction of sp³-hybridized carbons (Fsp3) is 0.357. The van der Waals surface area contributed by atoms with Gasteiger partial charge >= 0.3 is 0 Å². The molecule has 17 heavy (non-hydrogen) atoms. The standard InChI is InChI=1S/C14H16BrNO/c1-10-4-2-5-11(8-10)14(17)16-13-7-3-6-12(15)9-13/h3-4,6-7,9,11H,2,5,8H2,1H3,(H,16,17). The van der Waals surface area contributed by atoms with Gasteiger partial charge in [0, 0.05) is 16.1 Å². The summed E-state index contributed by atoms with van der Waals surface area (Å²) in [6.45, 7) is 2.10. The molecule has 1 aromatic carbocycles. The largest absolute Gasteiger partial charge is 0.326 e. The summed E-state index contributed by atoms with van der Waals surface area (Å²) in [5.74, 6) is 0.259. The van der Waals surface area contributed by atoms with Crippen LogP contribution in [0.2, 0.25) is 0 Å². The third-order valence-electron chi connectivity index (χ3n) is 3.04. The van der Waals surface area contributed by atoms with Crippen LogP contribution in [0.25, 0.3) is 0 Å². The summed E-state index contributed by atoms with van der Waals surface area (Å²) in [5.41, 5.74) is 2.18. The number of nitrogens with one attached hydrogen (secondary N) is 1. The molecule has 2 nitrogen and oxygen atoms in total. The van der Waals surface area contributed by atoms with Crippen LogP contribution in [0.15, 0.2) is 40.4 Å². The van der Waals surface area contributed by atoms with E-state index in [1.54, 1.807) is 0 Å². The summed E-state index contributed by atoms with van der Waals surface area (Å²) in [7, 11) is 0. The normalized spacial score (nSPS) is 19.6. The summed E-state index contributed by atoms with van der Waals surface area (Å²) in [6.07, 6.45) is 5.09. The van der Waals surface area contributed by atoms with Crippen molar-refractivity contribution in [3.63, 3.8) is 0 Å². The molecule has 2 rings (SSSR count). The molecule has 0 saturated heterocycles. The first kappa shape index (κ1) is 12.4. The smallest absolute Gasteiger partial charge is 0.227 e. The maximum Gasteiger partial charge on any atom is 0.227 e. The number of allylic oxidation sites excluding steroid dienone is 2. The van der Waals surface area contributed by atoms with Crippen LogP contribution in [0, 0.1) is 5.92 Å². The molecule has 1 unspecified atom stereocenters. The Balaban J connectivity index is 2.00. The van der Waals surface area contributed by atoms with Gasteiger partial charge in [0.1, 0.15) is 0 Å². The number of anilines is 1. The van der Waals surface area contributed by atoms with E-state index in [9.17, 15) is 4.79 Å². The van der Waals surface area contributed by atoms with Gasteiger partial charge < -0.3 is 5.32 Å². The molecule has 0 bridgehead atoms. The van der Waals surface area contributed by atoms with Gasteiger partial charge in [0.05, 0.1) is 0 Å². The fourth-order valence-electron chi connectivity index (χ4n) is 2.14. The second kappa shape index (κ2) is 5.50. The molecule has 0 heterocycles. The Hall–Kier alpha value is -1.09. The van der Waals surface area contributed by atoms with Crippen molar-refractivity contribution in [3.8, 4) is 0 Å². The molecule has 1 aromatic rings. The SMILES string of the molecule is CC1=CCCC(C(=O)Nc2cccc(Br)c2)C1. The van der Waals surface area contributed by atoms with Crippen LogP contribution in [0.3, 0.4) is 0 Å². The van der Waals surface area contributed by atoms with Crippen LogP contribution >= 0.6 is 15.9 Å². The molecule has 0 aliphatic heterocycles. The Morgan fingerprint density at radius 3 is 3.00 bits per heavy atom. The van der Waals surface area contributed by atoms with Crippen molar-refractivity contribution in [2.24, 2.45) is 5.92 Å². The molecular weight excluding hydrogens is 278 g/mol. The van der Waals surface area contributed by atoms with Gasteiger partial charge in [-0.05, 0) is 44.4 Å². The first-order chi connectivity index (χ1) is 8.15. The molecule has 0 spiro atoms. The van der Waals surface area contributed by atoms with E-state index in [4.69, 9.17) is 0 Å². The molecule has 1 N–H and O–H groups in total. The lowest BCUT2D eigenvalue weighted by Gasteiger charge is -2.20. The predicted octanol–water partition coefficient (Wildman–Crippen LogP) is 4.13. The quantitative estimate of drug-likeness (QED) is 0.816. The van der Waals surface area contributed by atoms with E-state index in [0.29, 0.717) is 0 Å². The van der Waals surface area contributed by atoms with Crippen LogP contribution in [-0.2, 0) is 4.79 Å². The maximum absolute atomic E-state index is 12.1. The van der Waals surface area contributed by atoms with Gasteiger partial charge in [-0.25, -0.2) is 0 Å². The number of carbonyl (C=O) groups is 1. The molecule has 1 atom stereocenters. The van der Waals surface area contributed by atoms with Gasteiger partial charge in [-0.3, -0.25) is 4.79 Å². The van der Waals surface area contributed by atoms with Crippen molar-refractivity contribution >= 4 is 27.5 Å². The monoisotopic (exact) mass is 293 g/mol. The zero-order valence-corrected chi connectivity index (χ0v) is 11.5. The number of halogens is 1. The highest BCUT2D eigenvalue weighted by Gasteiger charge is 2.20. The van der Waals surface area contributed by atoms with Crippen molar-refractivity contribution in [1.82, 2.24) is 0 Å². The highest BCUT2D eigenvalue weighted by Crippen LogP contribution is 2.25. The lowest BCUT2D eigenvalue weighted by molar-refractivity contribution is -0.120. The fourth-order valence-corrected chi connectivity index (χ4v) is 2.54. The second-order valence-corrected chi connectivity index (χ2v) is 5.44. The third kappa shape index (κ3) is 3.43. The second-order valence-electron chi connectivity index (χ2n) is 4.53. The van der Waals surface area contributed by atoms with E-state index >= 15 is 0 Å². The molecule has 0 fully saturated rings. The number of hydrogen-bond donors (Lipinski definition) is 1. The minimum Gasteiger partial charge on any atom is -0.326 e. The topological polar surface area (TPSA) is 29.1 Å². The molecule has 0 radical (unpaired) electrons. The molecular formula is C14H16BrNO. The first-order valence-electron chi connectivity index (χ1n) is 5.87. The average Bonchev–Trinajstić information content (AvgIpc) is 2.29. The van der Waals surface area contributed by atoms with Crippen LogP contribution in [0.5, 0.6) is 0 Å². The van der Waals surface area contributed by atoms with Crippen molar-refractivity contribution in [2.75, 3.05) is 5.32 Å². The van der Waals surface area contributed by atoms with E-state index in [1.165, 1.54) is 5.57 Å². The lowest BCUT2D eigenvalue weighted by Crippen LogP contribution is -2.24. The van der Waals surface area contributed by atoms with Gasteiger partial charge in [0.25, 0.3) is 0 Å². The molecule has 3 heteroatoms.